The van der Waals surface area contributed by atoms with Crippen molar-refractivity contribution < 1.29 is 28.9 Å². The van der Waals surface area contributed by atoms with Crippen LogP contribution in [0.2, 0.25) is 0 Å². The molecule has 0 radical (unpaired) electrons. The number of aliphatic hydroxyl groups is 1. The summed E-state index contributed by atoms with van der Waals surface area (Å²) in [5, 5.41) is 11.5. The molecule has 1 unspecified atom stereocenters. The van der Waals surface area contributed by atoms with Gasteiger partial charge < -0.3 is 29.1 Å². The van der Waals surface area contributed by atoms with Crippen LogP contribution >= 0.6 is 0 Å². The first-order valence-corrected chi connectivity index (χ1v) is 13.9. The number of methoxy groups -OCH3 is 1. The lowest BCUT2D eigenvalue weighted by Gasteiger charge is -2.28. The normalized spacial score (nSPS) is 16.7. The molecule has 1 fully saturated rings. The number of aliphatic hydroxyl groups excluding tert-OH is 1. The van der Waals surface area contributed by atoms with Gasteiger partial charge in [-0.3, -0.25) is 9.59 Å². The number of carbonyl (C=O) groups excluding carboxylic acids is 2. The number of likely N-dealkylation sites (tertiary alicyclic amines) is 1. The summed E-state index contributed by atoms with van der Waals surface area (Å²) in [5.41, 5.74) is 2.00. The highest BCUT2D eigenvalue weighted by molar-refractivity contribution is 6.46. The monoisotopic (exact) mass is 538 g/mol. The summed E-state index contributed by atoms with van der Waals surface area (Å²) >= 11 is 0. The maximum atomic E-state index is 13.4. The van der Waals surface area contributed by atoms with E-state index in [9.17, 15) is 14.7 Å². The first-order valence-electron chi connectivity index (χ1n) is 13.9. The van der Waals surface area contributed by atoms with Crippen molar-refractivity contribution in [2.45, 2.75) is 53.5 Å². The fourth-order valence-corrected chi connectivity index (χ4v) is 4.82. The Labute approximate surface area is 232 Å². The number of aryl methyl sites for hydroxylation is 1. The van der Waals surface area contributed by atoms with E-state index in [-0.39, 0.29) is 11.3 Å². The summed E-state index contributed by atoms with van der Waals surface area (Å²) in [4.78, 5) is 30.6. The molecule has 212 valence electrons. The van der Waals surface area contributed by atoms with Crippen molar-refractivity contribution in [1.29, 1.82) is 0 Å². The summed E-state index contributed by atoms with van der Waals surface area (Å²) < 4.78 is 17.1. The number of hydrogen-bond acceptors (Lipinski definition) is 7. The summed E-state index contributed by atoms with van der Waals surface area (Å²) in [6.45, 7) is 13.7. The SMILES string of the molecule is CCCCOc1ccc(C2/C(=C(\O)c3ccc(OCC)c(C)c3)C(=O)C(=O)N2CCN(CC)CC)cc1OC. The zero-order valence-electron chi connectivity index (χ0n) is 24.1. The van der Waals surface area contributed by atoms with Crippen LogP contribution in [0.15, 0.2) is 42.0 Å². The van der Waals surface area contributed by atoms with Gasteiger partial charge in [0.2, 0.25) is 0 Å². The Morgan fingerprint density at radius 1 is 0.974 bits per heavy atom. The second-order valence-corrected chi connectivity index (χ2v) is 9.54. The number of rotatable bonds is 14. The first kappa shape index (κ1) is 30.0. The van der Waals surface area contributed by atoms with Crippen molar-refractivity contribution in [2.75, 3.05) is 46.5 Å². The zero-order valence-corrected chi connectivity index (χ0v) is 24.1. The fraction of sp³-hybridized carbons (Fsp3) is 0.484. The maximum absolute atomic E-state index is 13.4. The predicted molar refractivity (Wildman–Crippen MR) is 153 cm³/mol. The van der Waals surface area contributed by atoms with Crippen LogP contribution in [-0.2, 0) is 9.59 Å². The molecule has 1 saturated heterocycles. The molecule has 1 amide bonds. The molecule has 1 atom stereocenters. The first-order chi connectivity index (χ1) is 18.8. The van der Waals surface area contributed by atoms with Crippen molar-refractivity contribution in [3.8, 4) is 17.2 Å². The van der Waals surface area contributed by atoms with E-state index in [0.29, 0.717) is 54.7 Å². The van der Waals surface area contributed by atoms with E-state index in [4.69, 9.17) is 14.2 Å². The van der Waals surface area contributed by atoms with E-state index in [0.717, 1.165) is 31.5 Å². The van der Waals surface area contributed by atoms with Gasteiger partial charge in [0.05, 0.1) is 31.9 Å². The molecule has 8 nitrogen and oxygen atoms in total. The Morgan fingerprint density at radius 2 is 1.69 bits per heavy atom. The lowest BCUT2D eigenvalue weighted by atomic mass is 9.94. The molecular weight excluding hydrogens is 496 g/mol. The highest BCUT2D eigenvalue weighted by Gasteiger charge is 2.46. The van der Waals surface area contributed by atoms with Crippen LogP contribution in [0.25, 0.3) is 5.76 Å². The molecule has 8 heteroatoms. The number of amides is 1. The standard InChI is InChI=1S/C31H42N2O6/c1-7-11-18-39-25-15-12-22(20-26(25)37-6)28-27(29(34)23-13-14-24(38-10-4)21(5)19-23)30(35)31(36)33(28)17-16-32(8-2)9-3/h12-15,19-20,28,34H,7-11,16-18H2,1-6H3/b29-27+. The third kappa shape index (κ3) is 6.74. The molecule has 0 bridgehead atoms. The molecule has 1 aliphatic heterocycles. The molecule has 2 aromatic carbocycles. The number of nitrogens with zero attached hydrogens (tertiary/aromatic N) is 2. The minimum absolute atomic E-state index is 0.0600. The molecule has 0 aromatic heterocycles. The second-order valence-electron chi connectivity index (χ2n) is 9.54. The number of unbranched alkanes of at least 4 members (excludes halogenated alkanes) is 1. The average molecular weight is 539 g/mol. The van der Waals surface area contributed by atoms with Gasteiger partial charge in [-0.25, -0.2) is 0 Å². The van der Waals surface area contributed by atoms with Crippen molar-refractivity contribution in [1.82, 2.24) is 9.80 Å². The summed E-state index contributed by atoms with van der Waals surface area (Å²) in [5.74, 6) is 0.266. The van der Waals surface area contributed by atoms with Crippen molar-refractivity contribution in [3.63, 3.8) is 0 Å². The molecule has 0 aliphatic carbocycles. The van der Waals surface area contributed by atoms with Gasteiger partial charge in [-0.2, -0.15) is 0 Å². The van der Waals surface area contributed by atoms with Crippen LogP contribution in [0, 0.1) is 6.92 Å². The number of ketones is 1. The summed E-state index contributed by atoms with van der Waals surface area (Å²) in [7, 11) is 1.56. The third-order valence-corrected chi connectivity index (χ3v) is 7.10. The number of likely N-dealkylation sites (N-methyl/N-ethyl adjacent to an activating group) is 1. The molecule has 1 aliphatic rings. The number of Topliss-reactive ketones (excluding diaryl/α,β-unsaturated/α-hetero) is 1. The predicted octanol–water partition coefficient (Wildman–Crippen LogP) is 5.34. The summed E-state index contributed by atoms with van der Waals surface area (Å²) in [6.07, 6.45) is 1.92. The van der Waals surface area contributed by atoms with Crippen LogP contribution in [0.5, 0.6) is 17.2 Å². The minimum atomic E-state index is -0.772. The Bertz CT molecular complexity index is 1190. The number of ether oxygens (including phenoxy) is 3. The van der Waals surface area contributed by atoms with Gasteiger partial charge in [-0.15, -0.1) is 0 Å². The van der Waals surface area contributed by atoms with Crippen LogP contribution < -0.4 is 14.2 Å². The molecule has 1 heterocycles. The van der Waals surface area contributed by atoms with E-state index in [1.165, 1.54) is 0 Å². The molecular formula is C31H42N2O6. The van der Waals surface area contributed by atoms with Crippen molar-refractivity contribution >= 4 is 17.4 Å². The van der Waals surface area contributed by atoms with Gasteiger partial charge in [0, 0.05) is 18.7 Å². The quantitative estimate of drug-likeness (QED) is 0.150. The van der Waals surface area contributed by atoms with E-state index in [2.05, 4.69) is 25.7 Å². The van der Waals surface area contributed by atoms with E-state index in [1.807, 2.05) is 19.9 Å². The molecule has 0 saturated carbocycles. The number of hydrogen-bond donors (Lipinski definition) is 1. The van der Waals surface area contributed by atoms with E-state index >= 15 is 0 Å². The fourth-order valence-electron chi connectivity index (χ4n) is 4.82. The molecule has 2 aromatic rings. The Balaban J connectivity index is 2.12. The lowest BCUT2D eigenvalue weighted by Crippen LogP contribution is -2.38. The maximum Gasteiger partial charge on any atom is 0.295 e. The minimum Gasteiger partial charge on any atom is -0.507 e. The van der Waals surface area contributed by atoms with Gasteiger partial charge in [0.1, 0.15) is 11.5 Å². The largest absolute Gasteiger partial charge is 0.507 e. The van der Waals surface area contributed by atoms with Crippen LogP contribution in [0.3, 0.4) is 0 Å². The van der Waals surface area contributed by atoms with Crippen LogP contribution in [0.1, 0.15) is 63.3 Å². The Kier molecular flexibility index (Phi) is 10.8. The second kappa shape index (κ2) is 14.0. The number of benzene rings is 2. The molecule has 0 spiro atoms. The smallest absolute Gasteiger partial charge is 0.295 e. The highest BCUT2D eigenvalue weighted by Crippen LogP contribution is 2.42. The Morgan fingerprint density at radius 3 is 2.31 bits per heavy atom. The average Bonchev–Trinajstić information content (AvgIpc) is 3.19. The van der Waals surface area contributed by atoms with Gasteiger partial charge in [-0.1, -0.05) is 33.3 Å². The Hall–Kier alpha value is -3.52. The lowest BCUT2D eigenvalue weighted by molar-refractivity contribution is -0.140. The summed E-state index contributed by atoms with van der Waals surface area (Å²) in [6, 6.07) is 9.90. The van der Waals surface area contributed by atoms with Crippen molar-refractivity contribution in [3.05, 3.63) is 58.7 Å². The van der Waals surface area contributed by atoms with Gasteiger partial charge >= 0.3 is 0 Å². The molecule has 39 heavy (non-hydrogen) atoms. The van der Waals surface area contributed by atoms with Crippen molar-refractivity contribution in [2.24, 2.45) is 0 Å². The highest BCUT2D eigenvalue weighted by atomic mass is 16.5. The van der Waals surface area contributed by atoms with Crippen LogP contribution in [-0.4, -0.2) is 73.1 Å². The van der Waals surface area contributed by atoms with E-state index < -0.39 is 17.7 Å². The zero-order chi connectivity index (χ0) is 28.5. The van der Waals surface area contributed by atoms with Gasteiger partial charge in [0.15, 0.2) is 11.5 Å². The van der Waals surface area contributed by atoms with Gasteiger partial charge in [0.25, 0.3) is 11.7 Å². The van der Waals surface area contributed by atoms with Crippen LogP contribution in [0.4, 0.5) is 0 Å². The molecule has 1 N–H and O–H groups in total. The topological polar surface area (TPSA) is 88.5 Å². The molecule has 3 rings (SSSR count). The van der Waals surface area contributed by atoms with Gasteiger partial charge in [-0.05, 0) is 74.8 Å². The van der Waals surface area contributed by atoms with E-state index in [1.54, 1.807) is 42.3 Å². The number of carbonyl (C=O) groups is 2. The third-order valence-electron chi connectivity index (χ3n) is 7.10.